The van der Waals surface area contributed by atoms with Crippen LogP contribution in [0.15, 0.2) is 48.5 Å². The summed E-state index contributed by atoms with van der Waals surface area (Å²) in [5.41, 5.74) is -1.27. The quantitative estimate of drug-likeness (QED) is 0.0255. The van der Waals surface area contributed by atoms with Gasteiger partial charge < -0.3 is 37.3 Å². The molecular weight excluding hydrogens is 885 g/mol. The Labute approximate surface area is 372 Å². The van der Waals surface area contributed by atoms with Crippen LogP contribution < -0.4 is 10.6 Å². The van der Waals surface area contributed by atoms with Gasteiger partial charge in [-0.2, -0.15) is 0 Å². The maximum atomic E-state index is 14.9. The van der Waals surface area contributed by atoms with Crippen LogP contribution in [0.1, 0.15) is 54.3 Å². The molecule has 12 nitrogen and oxygen atoms in total. The molecule has 0 aliphatic carbocycles. The second kappa shape index (κ2) is 18.1. The summed E-state index contributed by atoms with van der Waals surface area (Å²) in [6.07, 6.45) is 1.12. The molecule has 5 aromatic carbocycles. The molecule has 336 valence electrons. The van der Waals surface area contributed by atoms with E-state index in [1.165, 1.54) is 6.07 Å². The normalized spacial score (nSPS) is 13.4. The SMILES string of the molecule is C[Si](C)(C)O[Si](C)(C)O[Si](C)(C)CCCNC(=O)c1c(C(=O)O)c2c(C(=O)O)ccc3c4cccc5cccc(c(c1C(=O)NCCC[Si](C)(C)O[Si](C)(C)O[Si](C)(C)C)c23)c54. The lowest BCUT2D eigenvalue weighted by Crippen LogP contribution is -2.51. The minimum Gasteiger partial charge on any atom is -0.478 e. The smallest absolute Gasteiger partial charge is 0.337 e. The number of amides is 2. The van der Waals surface area contributed by atoms with Crippen molar-refractivity contribution in [2.24, 2.45) is 0 Å². The molecule has 0 bridgehead atoms. The number of carboxylic acids is 2. The van der Waals surface area contributed by atoms with Gasteiger partial charge in [0.25, 0.3) is 11.8 Å². The summed E-state index contributed by atoms with van der Waals surface area (Å²) < 4.78 is 26.3. The Bertz CT molecular complexity index is 2520. The van der Waals surface area contributed by atoms with Gasteiger partial charge in [-0.25, -0.2) is 9.59 Å². The summed E-state index contributed by atoms with van der Waals surface area (Å²) in [5.74, 6) is -4.25. The molecule has 0 atom stereocenters. The molecule has 0 saturated carbocycles. The third-order valence-electron chi connectivity index (χ3n) is 10.4. The van der Waals surface area contributed by atoms with Crippen molar-refractivity contribution in [2.75, 3.05) is 13.1 Å². The van der Waals surface area contributed by atoms with Gasteiger partial charge in [0.15, 0.2) is 33.3 Å². The summed E-state index contributed by atoms with van der Waals surface area (Å²) in [4.78, 5) is 56.2. The molecule has 2 amide bonds. The molecule has 5 aromatic rings. The highest BCUT2D eigenvalue weighted by molar-refractivity contribution is 6.88. The van der Waals surface area contributed by atoms with Crippen LogP contribution in [0.3, 0.4) is 0 Å². The zero-order valence-corrected chi connectivity index (χ0v) is 45.0. The first-order valence-corrected chi connectivity index (χ1v) is 40.1. The number of benzene rings is 5. The fourth-order valence-electron chi connectivity index (χ4n) is 9.29. The van der Waals surface area contributed by atoms with Crippen molar-refractivity contribution in [3.8, 4) is 0 Å². The lowest BCUT2D eigenvalue weighted by molar-refractivity contribution is 0.0692. The molecule has 62 heavy (non-hydrogen) atoms. The van der Waals surface area contributed by atoms with Crippen molar-refractivity contribution in [3.63, 3.8) is 0 Å². The van der Waals surface area contributed by atoms with Gasteiger partial charge in [0.05, 0.1) is 22.3 Å². The highest BCUT2D eigenvalue weighted by atomic mass is 28.5. The van der Waals surface area contributed by atoms with Gasteiger partial charge in [0, 0.05) is 23.9 Å². The third kappa shape index (κ3) is 11.8. The van der Waals surface area contributed by atoms with Crippen LogP contribution in [0.25, 0.3) is 43.1 Å². The van der Waals surface area contributed by atoms with Crippen LogP contribution >= 0.6 is 0 Å². The van der Waals surface area contributed by atoms with E-state index in [4.69, 9.17) is 16.5 Å². The van der Waals surface area contributed by atoms with Crippen molar-refractivity contribution in [2.45, 2.75) is 117 Å². The van der Waals surface area contributed by atoms with Crippen LogP contribution in [-0.4, -0.2) is 97.4 Å². The van der Waals surface area contributed by atoms with Gasteiger partial charge in [-0.15, -0.1) is 0 Å². The Kier molecular flexibility index (Phi) is 14.5. The fraction of sp³-hybridized carbons (Fsp3) is 0.455. The fourth-order valence-corrected chi connectivity index (χ4v) is 35.7. The lowest BCUT2D eigenvalue weighted by Gasteiger charge is -2.37. The first-order valence-electron chi connectivity index (χ1n) is 21.5. The number of carboxylic acid groups (broad SMARTS) is 2. The predicted molar refractivity (Wildman–Crippen MR) is 266 cm³/mol. The average Bonchev–Trinajstić information content (AvgIpc) is 3.09. The van der Waals surface area contributed by atoms with E-state index >= 15 is 0 Å². The minimum atomic E-state index is -2.42. The first kappa shape index (κ1) is 49.4. The monoisotopic (exact) mass is 950 g/mol. The third-order valence-corrected chi connectivity index (χ3v) is 30.7. The van der Waals surface area contributed by atoms with Crippen LogP contribution in [0.2, 0.25) is 104 Å². The van der Waals surface area contributed by atoms with E-state index in [-0.39, 0.29) is 35.2 Å². The number of hydrogen-bond donors (Lipinski definition) is 4. The van der Waals surface area contributed by atoms with Crippen molar-refractivity contribution in [1.29, 1.82) is 0 Å². The Balaban J connectivity index is 1.61. The molecule has 0 fully saturated rings. The van der Waals surface area contributed by atoms with E-state index in [1.807, 2.05) is 36.4 Å². The van der Waals surface area contributed by atoms with E-state index in [1.54, 1.807) is 6.07 Å². The predicted octanol–water partition coefficient (Wildman–Crippen LogP) is 10.9. The average molecular weight is 952 g/mol. The maximum Gasteiger partial charge on any atom is 0.337 e. The van der Waals surface area contributed by atoms with Crippen LogP contribution in [-0.2, 0) is 16.5 Å². The number of carbonyl (C=O) groups excluding carboxylic acids is 2. The number of carbonyl (C=O) groups is 4. The Morgan fingerprint density at radius 3 is 1.39 bits per heavy atom. The number of rotatable bonds is 20. The largest absolute Gasteiger partial charge is 0.478 e. The molecule has 0 unspecified atom stereocenters. The zero-order valence-electron chi connectivity index (χ0n) is 39.0. The molecule has 0 heterocycles. The Morgan fingerprint density at radius 2 is 0.935 bits per heavy atom. The molecule has 5 rings (SSSR count). The van der Waals surface area contributed by atoms with Gasteiger partial charge in [-0.1, -0.05) is 42.5 Å². The minimum absolute atomic E-state index is 0.0977. The molecule has 4 N–H and O–H groups in total. The van der Waals surface area contributed by atoms with E-state index in [2.05, 4.69) is 102 Å². The van der Waals surface area contributed by atoms with Gasteiger partial charge >= 0.3 is 29.1 Å². The molecule has 0 spiro atoms. The van der Waals surface area contributed by atoms with Crippen LogP contribution in [0.5, 0.6) is 0 Å². The second-order valence-corrected chi connectivity index (χ2v) is 45.8. The maximum absolute atomic E-state index is 14.9. The molecule has 18 heteroatoms. The molecule has 0 radical (unpaired) electrons. The summed E-state index contributed by atoms with van der Waals surface area (Å²) >= 11 is 0. The van der Waals surface area contributed by atoms with Gasteiger partial charge in [0.1, 0.15) is 0 Å². The van der Waals surface area contributed by atoms with Crippen LogP contribution in [0, 0.1) is 0 Å². The van der Waals surface area contributed by atoms with E-state index in [9.17, 15) is 29.4 Å². The highest BCUT2D eigenvalue weighted by Gasteiger charge is 2.40. The summed E-state index contributed by atoms with van der Waals surface area (Å²) in [5, 5.41) is 31.8. The summed E-state index contributed by atoms with van der Waals surface area (Å²) in [6, 6.07) is 15.9. The lowest BCUT2D eigenvalue weighted by atomic mass is 9.81. The number of fused-ring (bicyclic) bond motifs is 2. The Hall–Kier alpha value is -3.58. The standard InChI is InChI=1S/C44H66N2O10Si6/c1-57(2,3)53-61(11,12)55-59(7,8)27-17-25-45-41(47)38-36-32-22-16-20-29-19-15-21-30(34(29)32)31-23-24-33(43(49)50)37(35(31)36)40(44(51)52)39(38)42(48)46-26-18-28-60(9,10)56-62(13,14)54-58(4,5)6/h15-16,19-24H,17-18,25-28H2,1-14H3,(H,45,47)(H,46,48)(H,49,50)(H,51,52). The van der Waals surface area contributed by atoms with Crippen molar-refractivity contribution in [3.05, 3.63) is 70.8 Å². The molecule has 0 aliphatic rings. The molecule has 0 aliphatic heterocycles. The van der Waals surface area contributed by atoms with Crippen molar-refractivity contribution < 1.29 is 45.9 Å². The van der Waals surface area contributed by atoms with Crippen LogP contribution in [0.4, 0.5) is 0 Å². The molecule has 0 aromatic heterocycles. The zero-order chi connectivity index (χ0) is 46.4. The summed E-state index contributed by atoms with van der Waals surface area (Å²) in [6.45, 7) is 30.1. The first-order chi connectivity index (χ1) is 28.4. The van der Waals surface area contributed by atoms with E-state index in [0.29, 0.717) is 40.4 Å². The van der Waals surface area contributed by atoms with E-state index in [0.717, 1.165) is 22.2 Å². The van der Waals surface area contributed by atoms with Crippen molar-refractivity contribution in [1.82, 2.24) is 10.6 Å². The topological polar surface area (TPSA) is 170 Å². The number of nitrogens with one attached hydrogen (secondary N) is 2. The van der Waals surface area contributed by atoms with Gasteiger partial charge in [-0.3, -0.25) is 9.59 Å². The van der Waals surface area contributed by atoms with E-state index < -0.39 is 79.7 Å². The van der Waals surface area contributed by atoms with Gasteiger partial charge in [-0.05, 0) is 155 Å². The van der Waals surface area contributed by atoms with Crippen molar-refractivity contribution >= 4 is 117 Å². The highest BCUT2D eigenvalue weighted by Crippen LogP contribution is 2.45. The number of hydrogen-bond acceptors (Lipinski definition) is 8. The number of aromatic carboxylic acids is 2. The molecular formula is C44H66N2O10Si6. The summed E-state index contributed by atoms with van der Waals surface area (Å²) in [7, 11) is -13.0. The molecule has 0 saturated heterocycles. The van der Waals surface area contributed by atoms with Gasteiger partial charge in [0.2, 0.25) is 0 Å². The second-order valence-electron chi connectivity index (χ2n) is 20.4. The Morgan fingerprint density at radius 1 is 0.484 bits per heavy atom.